The molecular weight excluding hydrogens is 346 g/mol. The fourth-order valence-electron chi connectivity index (χ4n) is 3.18. The molecule has 2 atom stereocenters. The number of nitrogens with zero attached hydrogens (tertiary/aromatic N) is 1. The van der Waals surface area contributed by atoms with E-state index in [1.807, 2.05) is 12.1 Å². The topological polar surface area (TPSA) is 32.3 Å². The van der Waals surface area contributed by atoms with Crippen molar-refractivity contribution in [3.63, 3.8) is 0 Å². The van der Waals surface area contributed by atoms with E-state index in [9.17, 15) is 13.6 Å². The first-order valence-corrected chi connectivity index (χ1v) is 9.36. The lowest BCUT2D eigenvalue weighted by molar-refractivity contribution is -0.122. The Hall–Kier alpha value is -2.27. The minimum atomic E-state index is -0.596. The molecule has 0 heterocycles. The maximum atomic E-state index is 13.8. The standard InChI is InChI=1S/C22H26F2N2O/c1-14(2)26(3)13-16-6-4-15(5-7-16)12-25-22(27)20-11-19(20)18-9-8-17(23)10-21(18)24/h4-10,14,19-20H,11-13H2,1-3H3,(H,25,27). The summed E-state index contributed by atoms with van der Waals surface area (Å²) in [5.41, 5.74) is 2.69. The van der Waals surface area contributed by atoms with Gasteiger partial charge in [0.15, 0.2) is 0 Å². The average molecular weight is 372 g/mol. The van der Waals surface area contributed by atoms with Crippen molar-refractivity contribution >= 4 is 5.91 Å². The fraction of sp³-hybridized carbons (Fsp3) is 0.409. The van der Waals surface area contributed by atoms with Crippen LogP contribution in [-0.2, 0) is 17.9 Å². The van der Waals surface area contributed by atoms with Crippen LogP contribution >= 0.6 is 0 Å². The molecule has 5 heteroatoms. The quantitative estimate of drug-likeness (QED) is 0.789. The molecule has 3 rings (SSSR count). The molecule has 2 aromatic carbocycles. The lowest BCUT2D eigenvalue weighted by atomic mass is 10.1. The molecule has 0 aliphatic heterocycles. The number of halogens is 2. The molecule has 0 bridgehead atoms. The summed E-state index contributed by atoms with van der Waals surface area (Å²) in [6, 6.07) is 12.2. The second-order valence-electron chi connectivity index (χ2n) is 7.66. The average Bonchev–Trinajstić information content (AvgIpc) is 3.41. The molecule has 1 amide bonds. The first-order valence-electron chi connectivity index (χ1n) is 9.36. The van der Waals surface area contributed by atoms with Crippen molar-refractivity contribution in [2.75, 3.05) is 7.05 Å². The number of hydrogen-bond donors (Lipinski definition) is 1. The highest BCUT2D eigenvalue weighted by Gasteiger charge is 2.45. The minimum Gasteiger partial charge on any atom is -0.352 e. The highest BCUT2D eigenvalue weighted by atomic mass is 19.1. The molecule has 0 spiro atoms. The third kappa shape index (κ3) is 4.92. The zero-order valence-electron chi connectivity index (χ0n) is 16.0. The van der Waals surface area contributed by atoms with E-state index in [1.165, 1.54) is 17.7 Å². The summed E-state index contributed by atoms with van der Waals surface area (Å²) in [6.45, 7) is 5.66. The SMILES string of the molecule is CC(C)N(C)Cc1ccc(CNC(=O)C2CC2c2ccc(F)cc2F)cc1. The summed E-state index contributed by atoms with van der Waals surface area (Å²) in [5, 5.41) is 2.92. The fourth-order valence-corrected chi connectivity index (χ4v) is 3.18. The second kappa shape index (κ2) is 8.17. The monoisotopic (exact) mass is 372 g/mol. The highest BCUT2D eigenvalue weighted by Crippen LogP contribution is 2.48. The molecule has 0 radical (unpaired) electrons. The Bertz CT molecular complexity index is 804. The van der Waals surface area contributed by atoms with E-state index in [1.54, 1.807) is 0 Å². The van der Waals surface area contributed by atoms with Crippen molar-refractivity contribution in [3.05, 3.63) is 70.8 Å². The molecule has 144 valence electrons. The van der Waals surface area contributed by atoms with Gasteiger partial charge >= 0.3 is 0 Å². The Balaban J connectivity index is 1.50. The van der Waals surface area contributed by atoms with Crippen molar-refractivity contribution in [3.8, 4) is 0 Å². The summed E-state index contributed by atoms with van der Waals surface area (Å²) in [4.78, 5) is 14.6. The van der Waals surface area contributed by atoms with Crippen LogP contribution in [0.3, 0.4) is 0 Å². The zero-order valence-corrected chi connectivity index (χ0v) is 16.0. The second-order valence-corrected chi connectivity index (χ2v) is 7.66. The van der Waals surface area contributed by atoms with Gasteiger partial charge in [0.2, 0.25) is 5.91 Å². The number of benzene rings is 2. The summed E-state index contributed by atoms with van der Waals surface area (Å²) in [5.74, 6) is -1.63. The van der Waals surface area contributed by atoms with Gasteiger partial charge in [-0.3, -0.25) is 9.69 Å². The van der Waals surface area contributed by atoms with Crippen molar-refractivity contribution < 1.29 is 13.6 Å². The summed E-state index contributed by atoms with van der Waals surface area (Å²) in [6.07, 6.45) is 0.606. The Morgan fingerprint density at radius 2 is 1.81 bits per heavy atom. The summed E-state index contributed by atoms with van der Waals surface area (Å²) >= 11 is 0. The van der Waals surface area contributed by atoms with Gasteiger partial charge < -0.3 is 5.32 Å². The van der Waals surface area contributed by atoms with Gasteiger partial charge in [-0.25, -0.2) is 8.78 Å². The molecular formula is C22H26F2N2O. The number of carbonyl (C=O) groups excluding carboxylic acids is 1. The van der Waals surface area contributed by atoms with E-state index in [0.29, 0.717) is 24.6 Å². The number of hydrogen-bond acceptors (Lipinski definition) is 2. The molecule has 3 nitrogen and oxygen atoms in total. The molecule has 0 saturated heterocycles. The van der Waals surface area contributed by atoms with Gasteiger partial charge in [0, 0.05) is 31.1 Å². The zero-order chi connectivity index (χ0) is 19.6. The Morgan fingerprint density at radius 3 is 2.44 bits per heavy atom. The molecule has 1 N–H and O–H groups in total. The largest absolute Gasteiger partial charge is 0.352 e. The highest BCUT2D eigenvalue weighted by molar-refractivity contribution is 5.82. The third-order valence-electron chi connectivity index (χ3n) is 5.29. The van der Waals surface area contributed by atoms with E-state index in [-0.39, 0.29) is 17.7 Å². The van der Waals surface area contributed by atoms with Gasteiger partial charge in [0.25, 0.3) is 0 Å². The first-order chi connectivity index (χ1) is 12.8. The van der Waals surface area contributed by atoms with Crippen LogP contribution in [0.5, 0.6) is 0 Å². The van der Waals surface area contributed by atoms with Crippen LogP contribution in [0, 0.1) is 17.6 Å². The lowest BCUT2D eigenvalue weighted by Crippen LogP contribution is -2.26. The first kappa shape index (κ1) is 19.5. The van der Waals surface area contributed by atoms with E-state index in [2.05, 4.69) is 43.2 Å². The molecule has 27 heavy (non-hydrogen) atoms. The van der Waals surface area contributed by atoms with E-state index in [4.69, 9.17) is 0 Å². The van der Waals surface area contributed by atoms with Crippen LogP contribution in [0.2, 0.25) is 0 Å². The number of carbonyl (C=O) groups is 1. The molecule has 1 saturated carbocycles. The van der Waals surface area contributed by atoms with Gasteiger partial charge in [0.05, 0.1) is 0 Å². The maximum Gasteiger partial charge on any atom is 0.224 e. The summed E-state index contributed by atoms with van der Waals surface area (Å²) in [7, 11) is 2.09. The third-order valence-corrected chi connectivity index (χ3v) is 5.29. The van der Waals surface area contributed by atoms with Gasteiger partial charge in [-0.05, 0) is 56.0 Å². The number of nitrogens with one attached hydrogen (secondary N) is 1. The molecule has 1 aliphatic carbocycles. The summed E-state index contributed by atoms with van der Waals surface area (Å²) < 4.78 is 26.8. The minimum absolute atomic E-state index is 0.0765. The predicted octanol–water partition coefficient (Wildman–Crippen LogP) is 4.22. The molecule has 1 aliphatic rings. The van der Waals surface area contributed by atoms with Gasteiger partial charge in [-0.15, -0.1) is 0 Å². The molecule has 0 aromatic heterocycles. The van der Waals surface area contributed by atoms with Crippen LogP contribution in [0.1, 0.15) is 42.9 Å². The smallest absolute Gasteiger partial charge is 0.224 e. The molecule has 2 aromatic rings. The van der Waals surface area contributed by atoms with Crippen molar-refractivity contribution in [1.82, 2.24) is 10.2 Å². The van der Waals surface area contributed by atoms with Crippen molar-refractivity contribution in [2.45, 2.75) is 45.3 Å². The Morgan fingerprint density at radius 1 is 1.15 bits per heavy atom. The Kier molecular flexibility index (Phi) is 5.90. The van der Waals surface area contributed by atoms with Crippen LogP contribution in [-0.4, -0.2) is 23.9 Å². The Labute approximate surface area is 159 Å². The van der Waals surface area contributed by atoms with Crippen LogP contribution < -0.4 is 5.32 Å². The van der Waals surface area contributed by atoms with Crippen molar-refractivity contribution in [1.29, 1.82) is 0 Å². The number of rotatable bonds is 7. The molecule has 1 fully saturated rings. The molecule has 2 unspecified atom stereocenters. The van der Waals surface area contributed by atoms with Gasteiger partial charge in [0.1, 0.15) is 11.6 Å². The van der Waals surface area contributed by atoms with Crippen LogP contribution in [0.25, 0.3) is 0 Å². The normalized spacial score (nSPS) is 18.8. The van der Waals surface area contributed by atoms with Gasteiger partial charge in [-0.1, -0.05) is 30.3 Å². The van der Waals surface area contributed by atoms with Crippen LogP contribution in [0.15, 0.2) is 42.5 Å². The van der Waals surface area contributed by atoms with Crippen molar-refractivity contribution in [2.24, 2.45) is 5.92 Å². The predicted molar refractivity (Wildman–Crippen MR) is 102 cm³/mol. The van der Waals surface area contributed by atoms with Crippen LogP contribution in [0.4, 0.5) is 8.78 Å². The van der Waals surface area contributed by atoms with E-state index < -0.39 is 11.6 Å². The van der Waals surface area contributed by atoms with Gasteiger partial charge in [-0.2, -0.15) is 0 Å². The van der Waals surface area contributed by atoms with E-state index in [0.717, 1.165) is 18.2 Å². The number of amides is 1. The maximum absolute atomic E-state index is 13.8. The lowest BCUT2D eigenvalue weighted by Gasteiger charge is -2.21. The van der Waals surface area contributed by atoms with E-state index >= 15 is 0 Å².